The topological polar surface area (TPSA) is 9.23 Å². The Morgan fingerprint density at radius 3 is 2.04 bits per heavy atom. The predicted octanol–water partition coefficient (Wildman–Crippen LogP) is 6.06. The van der Waals surface area contributed by atoms with Crippen LogP contribution in [-0.4, -0.2) is 7.11 Å². The fraction of sp³-hybridized carbons (Fsp3) is 0.182. The highest BCUT2D eigenvalue weighted by Crippen LogP contribution is 2.30. The second-order valence-electron chi connectivity index (χ2n) is 6.22. The first kappa shape index (κ1) is 19.2. The molecule has 0 saturated carbocycles. The summed E-state index contributed by atoms with van der Waals surface area (Å²) >= 11 is 0. The Labute approximate surface area is 159 Å². The number of benzene rings is 3. The molecule has 0 bridgehead atoms. The molecule has 3 aromatic carbocycles. The lowest BCUT2D eigenvalue weighted by Crippen LogP contribution is -1.95. The summed E-state index contributed by atoms with van der Waals surface area (Å²) in [4.78, 5) is 0. The average Bonchev–Trinajstić information content (AvgIpc) is 2.68. The zero-order chi connectivity index (χ0) is 18.5. The quantitative estimate of drug-likeness (QED) is 0.470. The molecule has 26 heavy (non-hydrogen) atoms. The third-order valence-electron chi connectivity index (χ3n) is 4.53. The fourth-order valence-electron chi connectivity index (χ4n) is 3.04. The van der Waals surface area contributed by atoms with Crippen molar-refractivity contribution in [2.24, 2.45) is 0 Å². The van der Waals surface area contributed by atoms with E-state index < -0.39 is 0 Å². The minimum Gasteiger partial charge on any atom is -0.380 e. The van der Waals surface area contributed by atoms with Crippen molar-refractivity contribution in [1.29, 1.82) is 0 Å². The highest BCUT2D eigenvalue weighted by Gasteiger charge is 2.09. The van der Waals surface area contributed by atoms with Gasteiger partial charge in [-0.15, -0.1) is 18.5 Å². The highest BCUT2D eigenvalue weighted by molar-refractivity contribution is 7.15. The van der Waals surface area contributed by atoms with Crippen molar-refractivity contribution in [3.05, 3.63) is 83.2 Å². The zero-order valence-corrected chi connectivity index (χ0v) is 17.1. The molecule has 0 saturated heterocycles. The van der Waals surface area contributed by atoms with Gasteiger partial charge in [0.25, 0.3) is 0 Å². The Morgan fingerprint density at radius 2 is 1.42 bits per heavy atom. The molecule has 0 spiro atoms. The molecule has 0 fully saturated rings. The number of halogens is 1. The molecule has 4 heteroatoms. The van der Waals surface area contributed by atoms with E-state index in [9.17, 15) is 4.39 Å². The van der Waals surface area contributed by atoms with Gasteiger partial charge in [0.2, 0.25) is 0 Å². The number of hydrogen-bond donors (Lipinski definition) is 0. The first-order valence-electron chi connectivity index (χ1n) is 8.56. The predicted molar refractivity (Wildman–Crippen MR) is 115 cm³/mol. The van der Waals surface area contributed by atoms with Crippen LogP contribution in [0.15, 0.2) is 60.7 Å². The first-order valence-corrected chi connectivity index (χ1v) is 10.2. The molecule has 0 aromatic heterocycles. The standard InChI is InChI=1S/C22H23FOP2/c1-24-12-20-10-17(6-7-19(20)14-26)18-8-9-21(22(23)11-18)16-4-2-15(13-25)3-5-16/h2-11H,12-14,25-26H2,1H3. The van der Waals surface area contributed by atoms with Gasteiger partial charge in [0, 0.05) is 12.7 Å². The van der Waals surface area contributed by atoms with E-state index in [1.807, 2.05) is 42.5 Å². The van der Waals surface area contributed by atoms with Crippen LogP contribution in [0.4, 0.5) is 4.39 Å². The van der Waals surface area contributed by atoms with E-state index in [0.717, 1.165) is 34.6 Å². The van der Waals surface area contributed by atoms with Crippen molar-refractivity contribution in [3.63, 3.8) is 0 Å². The van der Waals surface area contributed by atoms with Gasteiger partial charge in [0.1, 0.15) is 5.82 Å². The second-order valence-corrected chi connectivity index (χ2v) is 7.03. The molecule has 2 unspecified atom stereocenters. The van der Waals surface area contributed by atoms with Crippen LogP contribution in [0.3, 0.4) is 0 Å². The molecular formula is C22H23FOP2. The van der Waals surface area contributed by atoms with Crippen LogP contribution >= 0.6 is 18.5 Å². The van der Waals surface area contributed by atoms with Crippen molar-refractivity contribution in [1.82, 2.24) is 0 Å². The maximum atomic E-state index is 14.8. The van der Waals surface area contributed by atoms with E-state index in [0.29, 0.717) is 12.2 Å². The Bertz CT molecular complexity index is 891. The molecule has 3 rings (SSSR count). The third-order valence-corrected chi connectivity index (χ3v) is 5.44. The minimum absolute atomic E-state index is 0.204. The van der Waals surface area contributed by atoms with Crippen molar-refractivity contribution >= 4 is 18.5 Å². The SMILES string of the molecule is COCc1cc(-c2ccc(-c3ccc(CP)cc3)c(F)c2)ccc1CP. The summed E-state index contributed by atoms with van der Waals surface area (Å²) in [5.74, 6) is -0.204. The molecule has 2 atom stereocenters. The number of ether oxygens (including phenoxy) is 1. The van der Waals surface area contributed by atoms with Gasteiger partial charge >= 0.3 is 0 Å². The summed E-state index contributed by atoms with van der Waals surface area (Å²) in [5.41, 5.74) is 6.99. The lowest BCUT2D eigenvalue weighted by molar-refractivity contribution is 0.184. The maximum absolute atomic E-state index is 14.8. The van der Waals surface area contributed by atoms with Gasteiger partial charge in [-0.25, -0.2) is 4.39 Å². The Kier molecular flexibility index (Phi) is 6.54. The first-order chi connectivity index (χ1) is 12.7. The Hall–Kier alpha value is -1.59. The Morgan fingerprint density at radius 1 is 0.769 bits per heavy atom. The van der Waals surface area contributed by atoms with Crippen LogP contribution in [0.5, 0.6) is 0 Å². The maximum Gasteiger partial charge on any atom is 0.131 e. The molecule has 0 aliphatic heterocycles. The van der Waals surface area contributed by atoms with E-state index in [1.165, 1.54) is 11.1 Å². The van der Waals surface area contributed by atoms with E-state index >= 15 is 0 Å². The van der Waals surface area contributed by atoms with Crippen molar-refractivity contribution in [2.45, 2.75) is 18.9 Å². The molecule has 1 nitrogen and oxygen atoms in total. The summed E-state index contributed by atoms with van der Waals surface area (Å²) in [5, 5.41) is 0. The van der Waals surface area contributed by atoms with Crippen LogP contribution in [0, 0.1) is 5.82 Å². The van der Waals surface area contributed by atoms with Crippen molar-refractivity contribution in [2.75, 3.05) is 7.11 Å². The molecule has 0 aliphatic carbocycles. The molecule has 0 amide bonds. The molecule has 3 aromatic rings. The largest absolute Gasteiger partial charge is 0.380 e. The van der Waals surface area contributed by atoms with Crippen molar-refractivity contribution in [3.8, 4) is 22.3 Å². The van der Waals surface area contributed by atoms with Gasteiger partial charge in [0.05, 0.1) is 6.61 Å². The Balaban J connectivity index is 1.95. The third kappa shape index (κ3) is 4.21. The molecule has 134 valence electrons. The van der Waals surface area contributed by atoms with Gasteiger partial charge in [-0.05, 0) is 57.8 Å². The smallest absolute Gasteiger partial charge is 0.131 e. The molecule has 0 heterocycles. The van der Waals surface area contributed by atoms with Crippen LogP contribution in [0.1, 0.15) is 16.7 Å². The molecule has 0 N–H and O–H groups in total. The molecule has 0 radical (unpaired) electrons. The van der Waals surface area contributed by atoms with Gasteiger partial charge in [0.15, 0.2) is 0 Å². The van der Waals surface area contributed by atoms with Crippen LogP contribution in [0.25, 0.3) is 22.3 Å². The van der Waals surface area contributed by atoms with E-state index in [1.54, 1.807) is 13.2 Å². The summed E-state index contributed by atoms with van der Waals surface area (Å²) < 4.78 is 20.1. The van der Waals surface area contributed by atoms with Crippen LogP contribution < -0.4 is 0 Å². The molecular weight excluding hydrogens is 361 g/mol. The van der Waals surface area contributed by atoms with Gasteiger partial charge < -0.3 is 4.74 Å². The summed E-state index contributed by atoms with van der Waals surface area (Å²) in [6, 6.07) is 19.7. The monoisotopic (exact) mass is 384 g/mol. The molecule has 0 aliphatic rings. The number of rotatable bonds is 6. The van der Waals surface area contributed by atoms with Gasteiger partial charge in [-0.2, -0.15) is 0 Å². The van der Waals surface area contributed by atoms with E-state index in [2.05, 4.69) is 30.6 Å². The van der Waals surface area contributed by atoms with Gasteiger partial charge in [-0.3, -0.25) is 0 Å². The normalized spacial score (nSPS) is 10.9. The van der Waals surface area contributed by atoms with E-state index in [-0.39, 0.29) is 5.82 Å². The summed E-state index contributed by atoms with van der Waals surface area (Å²) in [6.45, 7) is 0.556. The lowest BCUT2D eigenvalue weighted by atomic mass is 9.97. The minimum atomic E-state index is -0.204. The number of methoxy groups -OCH3 is 1. The van der Waals surface area contributed by atoms with Gasteiger partial charge in [-0.1, -0.05) is 48.5 Å². The second kappa shape index (κ2) is 8.87. The van der Waals surface area contributed by atoms with Crippen LogP contribution in [-0.2, 0) is 23.7 Å². The van der Waals surface area contributed by atoms with Crippen LogP contribution in [0.2, 0.25) is 0 Å². The summed E-state index contributed by atoms with van der Waals surface area (Å²) in [7, 11) is 7.13. The lowest BCUT2D eigenvalue weighted by Gasteiger charge is -2.11. The average molecular weight is 384 g/mol. The highest BCUT2D eigenvalue weighted by atomic mass is 31.0. The number of hydrogen-bond acceptors (Lipinski definition) is 1. The summed E-state index contributed by atoms with van der Waals surface area (Å²) in [6.07, 6.45) is 1.77. The van der Waals surface area contributed by atoms with E-state index in [4.69, 9.17) is 4.74 Å². The zero-order valence-electron chi connectivity index (χ0n) is 14.8. The fourth-order valence-corrected chi connectivity index (χ4v) is 3.71. The van der Waals surface area contributed by atoms with Crippen molar-refractivity contribution < 1.29 is 9.13 Å².